The highest BCUT2D eigenvalue weighted by atomic mass is 35.5. The molecular formula is C21H25ClFN5O2. The number of ether oxygens (including phenoxy) is 2. The summed E-state index contributed by atoms with van der Waals surface area (Å²) in [6.07, 6.45) is 2.05. The molecule has 1 aromatic heterocycles. The van der Waals surface area contributed by atoms with Gasteiger partial charge in [-0.2, -0.15) is 0 Å². The van der Waals surface area contributed by atoms with Gasteiger partial charge in [0, 0.05) is 18.7 Å². The zero-order valence-corrected chi connectivity index (χ0v) is 17.8. The summed E-state index contributed by atoms with van der Waals surface area (Å²) in [7, 11) is 0. The quantitative estimate of drug-likeness (QED) is 0.465. The lowest BCUT2D eigenvalue weighted by Crippen LogP contribution is -2.09. The van der Waals surface area contributed by atoms with Gasteiger partial charge in [0.05, 0.1) is 11.6 Å². The van der Waals surface area contributed by atoms with Crippen molar-refractivity contribution >= 4 is 17.5 Å². The molecule has 3 aromatic rings. The van der Waals surface area contributed by atoms with Crippen molar-refractivity contribution in [1.82, 2.24) is 20.2 Å². The van der Waals surface area contributed by atoms with Gasteiger partial charge in [0.2, 0.25) is 5.95 Å². The van der Waals surface area contributed by atoms with E-state index < -0.39 is 0 Å². The van der Waals surface area contributed by atoms with Crippen LogP contribution in [-0.2, 0) is 19.7 Å². The number of hydrogen-bond acceptors (Lipinski definition) is 6. The first-order chi connectivity index (χ1) is 14.6. The van der Waals surface area contributed by atoms with Crippen LogP contribution in [0.1, 0.15) is 37.8 Å². The van der Waals surface area contributed by atoms with E-state index in [-0.39, 0.29) is 12.4 Å². The second kappa shape index (κ2) is 10.8. The summed E-state index contributed by atoms with van der Waals surface area (Å²) in [6, 6.07) is 10.1. The Morgan fingerprint density at radius 3 is 2.77 bits per heavy atom. The molecule has 0 bridgehead atoms. The largest absolute Gasteiger partial charge is 0.490 e. The Balaban J connectivity index is 1.72. The molecule has 0 unspecified atom stereocenters. The Labute approximate surface area is 180 Å². The van der Waals surface area contributed by atoms with Crippen molar-refractivity contribution in [3.63, 3.8) is 0 Å². The van der Waals surface area contributed by atoms with Crippen molar-refractivity contribution in [2.75, 3.05) is 11.9 Å². The second-order valence-corrected chi connectivity index (χ2v) is 7.06. The molecule has 3 rings (SSSR count). The molecule has 1 N–H and O–H groups in total. The monoisotopic (exact) mass is 433 g/mol. The summed E-state index contributed by atoms with van der Waals surface area (Å²) in [5.74, 6) is 1.16. The molecule has 2 aromatic carbocycles. The van der Waals surface area contributed by atoms with Crippen LogP contribution in [0.25, 0.3) is 0 Å². The molecule has 9 heteroatoms. The lowest BCUT2D eigenvalue weighted by Gasteiger charge is -2.16. The summed E-state index contributed by atoms with van der Waals surface area (Å²) < 4.78 is 27.1. The molecule has 0 aliphatic carbocycles. The third kappa shape index (κ3) is 5.60. The van der Waals surface area contributed by atoms with Crippen LogP contribution in [0.4, 0.5) is 10.3 Å². The predicted molar refractivity (Wildman–Crippen MR) is 113 cm³/mol. The fourth-order valence-electron chi connectivity index (χ4n) is 2.86. The number of rotatable bonds is 11. The summed E-state index contributed by atoms with van der Waals surface area (Å²) in [4.78, 5) is 0. The number of tetrazole rings is 1. The number of unbranched alkanes of at least 4 members (excludes halogenated alkanes) is 1. The van der Waals surface area contributed by atoms with Gasteiger partial charge in [0.15, 0.2) is 11.5 Å². The van der Waals surface area contributed by atoms with Crippen molar-refractivity contribution in [3.05, 3.63) is 58.4 Å². The topological polar surface area (TPSA) is 74.1 Å². The maximum atomic E-state index is 13.9. The molecule has 0 fully saturated rings. The van der Waals surface area contributed by atoms with Crippen LogP contribution in [0.3, 0.4) is 0 Å². The molecule has 0 saturated carbocycles. The molecule has 0 aliphatic rings. The Hall–Kier alpha value is -2.87. The van der Waals surface area contributed by atoms with E-state index in [9.17, 15) is 4.39 Å². The van der Waals surface area contributed by atoms with Crippen LogP contribution in [-0.4, -0.2) is 26.8 Å². The number of hydrogen-bond donors (Lipinski definition) is 1. The molecule has 1 heterocycles. The smallest absolute Gasteiger partial charge is 0.243 e. The summed E-state index contributed by atoms with van der Waals surface area (Å²) in [6.45, 7) is 5.69. The van der Waals surface area contributed by atoms with Gasteiger partial charge < -0.3 is 14.8 Å². The average molecular weight is 434 g/mol. The van der Waals surface area contributed by atoms with Crippen LogP contribution >= 0.6 is 11.6 Å². The molecule has 0 amide bonds. The second-order valence-electron chi connectivity index (χ2n) is 6.65. The van der Waals surface area contributed by atoms with Crippen molar-refractivity contribution in [2.45, 2.75) is 46.4 Å². The van der Waals surface area contributed by atoms with Gasteiger partial charge in [0.25, 0.3) is 0 Å². The summed E-state index contributed by atoms with van der Waals surface area (Å²) in [5.41, 5.74) is 1.33. The minimum Gasteiger partial charge on any atom is -0.490 e. The highest BCUT2D eigenvalue weighted by Crippen LogP contribution is 2.37. The van der Waals surface area contributed by atoms with Gasteiger partial charge in [-0.1, -0.05) is 48.2 Å². The molecule has 0 spiro atoms. The molecule has 0 saturated heterocycles. The van der Waals surface area contributed by atoms with Crippen LogP contribution in [0.5, 0.6) is 11.5 Å². The Kier molecular flexibility index (Phi) is 7.84. The maximum absolute atomic E-state index is 13.9. The van der Waals surface area contributed by atoms with E-state index in [4.69, 9.17) is 21.1 Å². The molecule has 7 nitrogen and oxygen atoms in total. The summed E-state index contributed by atoms with van der Waals surface area (Å²) >= 11 is 6.46. The predicted octanol–water partition coefficient (Wildman–Crippen LogP) is 4.86. The van der Waals surface area contributed by atoms with E-state index in [0.717, 1.165) is 24.9 Å². The highest BCUT2D eigenvalue weighted by Gasteiger charge is 2.15. The first-order valence-electron chi connectivity index (χ1n) is 9.93. The first-order valence-corrected chi connectivity index (χ1v) is 10.3. The van der Waals surface area contributed by atoms with Gasteiger partial charge in [-0.25, -0.2) is 9.07 Å². The van der Waals surface area contributed by atoms with E-state index in [1.165, 1.54) is 6.07 Å². The van der Waals surface area contributed by atoms with Crippen LogP contribution < -0.4 is 14.8 Å². The minimum absolute atomic E-state index is 0.0519. The molecule has 0 aliphatic heterocycles. The van der Waals surface area contributed by atoms with Crippen LogP contribution in [0.2, 0.25) is 5.02 Å². The van der Waals surface area contributed by atoms with Crippen molar-refractivity contribution < 1.29 is 13.9 Å². The highest BCUT2D eigenvalue weighted by molar-refractivity contribution is 6.32. The number of nitrogens with one attached hydrogen (secondary N) is 1. The normalized spacial score (nSPS) is 10.8. The number of aryl methyl sites for hydroxylation is 1. The molecular weight excluding hydrogens is 409 g/mol. The van der Waals surface area contributed by atoms with E-state index in [2.05, 4.69) is 27.8 Å². The van der Waals surface area contributed by atoms with E-state index in [1.54, 1.807) is 28.9 Å². The van der Waals surface area contributed by atoms with Crippen molar-refractivity contribution in [2.24, 2.45) is 0 Å². The van der Waals surface area contributed by atoms with Gasteiger partial charge >= 0.3 is 0 Å². The zero-order valence-electron chi connectivity index (χ0n) is 17.1. The van der Waals surface area contributed by atoms with E-state index in [0.29, 0.717) is 41.2 Å². The number of halogens is 2. The van der Waals surface area contributed by atoms with Gasteiger partial charge in [0.1, 0.15) is 12.4 Å². The fourth-order valence-corrected chi connectivity index (χ4v) is 3.15. The first kappa shape index (κ1) is 21.8. The molecule has 160 valence electrons. The number of aromatic nitrogens is 4. The Morgan fingerprint density at radius 1 is 1.17 bits per heavy atom. The van der Waals surface area contributed by atoms with Crippen LogP contribution in [0.15, 0.2) is 36.4 Å². The zero-order chi connectivity index (χ0) is 21.3. The maximum Gasteiger partial charge on any atom is 0.243 e. The van der Waals surface area contributed by atoms with Gasteiger partial charge in [-0.15, -0.1) is 0 Å². The van der Waals surface area contributed by atoms with Crippen molar-refractivity contribution in [1.29, 1.82) is 0 Å². The Morgan fingerprint density at radius 2 is 2.00 bits per heavy atom. The minimum atomic E-state index is -0.326. The third-order valence-corrected chi connectivity index (χ3v) is 4.69. The molecule has 0 atom stereocenters. The fraction of sp³-hybridized carbons (Fsp3) is 0.381. The van der Waals surface area contributed by atoms with E-state index in [1.807, 2.05) is 13.0 Å². The molecule has 0 radical (unpaired) electrons. The SMILES string of the molecule is CCCCn1nnnc1NCc1cc(Cl)c(OCc2ccccc2F)c(OCC)c1. The number of nitrogens with zero attached hydrogens (tertiary/aromatic N) is 4. The van der Waals surface area contributed by atoms with E-state index >= 15 is 0 Å². The number of benzene rings is 2. The number of anilines is 1. The van der Waals surface area contributed by atoms with Gasteiger partial charge in [-0.3, -0.25) is 0 Å². The summed E-state index contributed by atoms with van der Waals surface area (Å²) in [5, 5.41) is 15.4. The Bertz CT molecular complexity index is 966. The standard InChI is InChI=1S/C21H25ClFN5O2/c1-3-5-10-28-21(25-26-27-28)24-13-15-11-17(22)20(19(12-15)29-4-2)30-14-16-8-6-7-9-18(16)23/h6-9,11-12H,3-5,10,13-14H2,1-2H3,(H,24,25,27). The van der Waals surface area contributed by atoms with Gasteiger partial charge in [-0.05, 0) is 47.5 Å². The third-order valence-electron chi connectivity index (χ3n) is 4.40. The van der Waals surface area contributed by atoms with Crippen LogP contribution in [0, 0.1) is 5.82 Å². The average Bonchev–Trinajstić information content (AvgIpc) is 3.19. The lowest BCUT2D eigenvalue weighted by atomic mass is 10.2. The lowest BCUT2D eigenvalue weighted by molar-refractivity contribution is 0.266. The van der Waals surface area contributed by atoms with Crippen molar-refractivity contribution in [3.8, 4) is 11.5 Å². The molecule has 30 heavy (non-hydrogen) atoms.